The van der Waals surface area contributed by atoms with Crippen LogP contribution in [0.25, 0.3) is 0 Å². The molecular formula is C27H35ClN2O2S. The van der Waals surface area contributed by atoms with Gasteiger partial charge in [-0.2, -0.15) is 0 Å². The normalized spacial score (nSPS) is 15.1. The fourth-order valence-corrected chi connectivity index (χ4v) is 5.47. The van der Waals surface area contributed by atoms with E-state index in [1.807, 2.05) is 43.3 Å². The van der Waals surface area contributed by atoms with Crippen molar-refractivity contribution in [2.45, 2.75) is 76.8 Å². The highest BCUT2D eigenvalue weighted by Gasteiger charge is 2.30. The van der Waals surface area contributed by atoms with Crippen LogP contribution in [0.4, 0.5) is 0 Å². The third-order valence-electron chi connectivity index (χ3n) is 6.35. The van der Waals surface area contributed by atoms with Gasteiger partial charge in [0.25, 0.3) is 0 Å². The summed E-state index contributed by atoms with van der Waals surface area (Å²) < 4.78 is 0. The molecule has 0 saturated heterocycles. The maximum atomic E-state index is 13.4. The van der Waals surface area contributed by atoms with Crippen LogP contribution in [0.5, 0.6) is 0 Å². The zero-order valence-electron chi connectivity index (χ0n) is 19.7. The summed E-state index contributed by atoms with van der Waals surface area (Å²) in [5.41, 5.74) is 3.44. The third-order valence-corrected chi connectivity index (χ3v) is 7.57. The van der Waals surface area contributed by atoms with Gasteiger partial charge in [0.15, 0.2) is 0 Å². The van der Waals surface area contributed by atoms with Crippen molar-refractivity contribution in [3.63, 3.8) is 0 Å². The Labute approximate surface area is 207 Å². The first-order valence-corrected chi connectivity index (χ1v) is 13.5. The molecule has 0 aromatic heterocycles. The summed E-state index contributed by atoms with van der Waals surface area (Å²) in [6.07, 6.45) is 6.19. The van der Waals surface area contributed by atoms with E-state index in [4.69, 9.17) is 11.6 Å². The lowest BCUT2D eigenvalue weighted by Crippen LogP contribution is -2.52. The largest absolute Gasteiger partial charge is 0.352 e. The predicted molar refractivity (Wildman–Crippen MR) is 138 cm³/mol. The number of hydrogen-bond acceptors (Lipinski definition) is 3. The Bertz CT molecular complexity index is 913. The second kappa shape index (κ2) is 13.0. The molecule has 0 bridgehead atoms. The maximum Gasteiger partial charge on any atom is 0.243 e. The van der Waals surface area contributed by atoms with Crippen LogP contribution in [0.1, 0.15) is 62.1 Å². The second-order valence-electron chi connectivity index (χ2n) is 8.83. The summed E-state index contributed by atoms with van der Waals surface area (Å²) in [5, 5.41) is 3.89. The molecule has 1 atom stereocenters. The van der Waals surface area contributed by atoms with Crippen molar-refractivity contribution >= 4 is 35.2 Å². The Morgan fingerprint density at radius 2 is 1.79 bits per heavy atom. The Hall–Kier alpha value is -1.98. The van der Waals surface area contributed by atoms with Crippen molar-refractivity contribution in [3.05, 3.63) is 70.2 Å². The van der Waals surface area contributed by atoms with Crippen LogP contribution in [-0.2, 0) is 21.9 Å². The fourth-order valence-electron chi connectivity index (χ4n) is 4.35. The average Bonchev–Trinajstić information content (AvgIpc) is 2.82. The van der Waals surface area contributed by atoms with E-state index in [0.717, 1.165) is 37.0 Å². The summed E-state index contributed by atoms with van der Waals surface area (Å²) in [6, 6.07) is 15.5. The van der Waals surface area contributed by atoms with E-state index >= 15 is 0 Å². The van der Waals surface area contributed by atoms with Crippen molar-refractivity contribution in [1.82, 2.24) is 10.2 Å². The van der Waals surface area contributed by atoms with Gasteiger partial charge in [-0.25, -0.2) is 0 Å². The van der Waals surface area contributed by atoms with E-state index in [1.54, 1.807) is 16.7 Å². The highest BCUT2D eigenvalue weighted by molar-refractivity contribution is 7.99. The molecule has 2 aromatic rings. The smallest absolute Gasteiger partial charge is 0.243 e. The number of carbonyl (C=O) groups excluding carboxylic acids is 2. The Morgan fingerprint density at radius 1 is 1.09 bits per heavy atom. The number of benzene rings is 2. The predicted octanol–water partition coefficient (Wildman–Crippen LogP) is 6.14. The lowest BCUT2D eigenvalue weighted by molar-refractivity contribution is -0.139. The number of nitrogens with one attached hydrogen (secondary N) is 1. The molecule has 6 heteroatoms. The maximum absolute atomic E-state index is 13.4. The minimum atomic E-state index is -0.478. The molecule has 178 valence electrons. The molecule has 1 saturated carbocycles. The summed E-state index contributed by atoms with van der Waals surface area (Å²) in [4.78, 5) is 28.4. The second-order valence-corrected chi connectivity index (χ2v) is 10.3. The molecule has 0 unspecified atom stereocenters. The van der Waals surface area contributed by atoms with E-state index < -0.39 is 6.04 Å². The molecule has 1 aliphatic carbocycles. The summed E-state index contributed by atoms with van der Waals surface area (Å²) >= 11 is 7.65. The molecule has 0 spiro atoms. The number of hydrogen-bond donors (Lipinski definition) is 1. The van der Waals surface area contributed by atoms with E-state index in [1.165, 1.54) is 17.5 Å². The molecule has 3 rings (SSSR count). The quantitative estimate of drug-likeness (QED) is 0.439. The van der Waals surface area contributed by atoms with Gasteiger partial charge in [0.1, 0.15) is 6.04 Å². The van der Waals surface area contributed by atoms with Crippen LogP contribution < -0.4 is 5.32 Å². The van der Waals surface area contributed by atoms with Gasteiger partial charge in [-0.05, 0) is 55.0 Å². The standard InChI is InChI=1S/C27H35ClN2O2S/c1-3-25(27(32)29-24-11-5-4-6-12-24)30(17-21-13-15-23(28)16-14-21)26(31)19-33-18-22-10-8-7-9-20(22)2/h7-10,13-16,24-25H,3-6,11-12,17-19H2,1-2H3,(H,29,32)/t25-/m1/s1. The SMILES string of the molecule is CC[C@H](C(=O)NC1CCCCC1)N(Cc1ccc(Cl)cc1)C(=O)CSCc1ccccc1C. The molecule has 1 fully saturated rings. The Balaban J connectivity index is 1.70. The Morgan fingerprint density at radius 3 is 2.45 bits per heavy atom. The van der Waals surface area contributed by atoms with Gasteiger partial charge in [0.2, 0.25) is 11.8 Å². The first kappa shape index (κ1) is 25.6. The fraction of sp³-hybridized carbons (Fsp3) is 0.481. The van der Waals surface area contributed by atoms with Crippen LogP contribution in [0.3, 0.4) is 0 Å². The first-order valence-electron chi connectivity index (χ1n) is 11.9. The molecule has 33 heavy (non-hydrogen) atoms. The van der Waals surface area contributed by atoms with Crippen molar-refractivity contribution in [1.29, 1.82) is 0 Å². The molecule has 2 amide bonds. The van der Waals surface area contributed by atoms with Crippen LogP contribution in [0.15, 0.2) is 48.5 Å². The molecule has 4 nitrogen and oxygen atoms in total. The van der Waals surface area contributed by atoms with E-state index in [9.17, 15) is 9.59 Å². The van der Waals surface area contributed by atoms with Crippen molar-refractivity contribution < 1.29 is 9.59 Å². The van der Waals surface area contributed by atoms with Gasteiger partial charge >= 0.3 is 0 Å². The van der Waals surface area contributed by atoms with Gasteiger partial charge in [-0.3, -0.25) is 9.59 Å². The molecule has 0 heterocycles. The zero-order chi connectivity index (χ0) is 23.6. The van der Waals surface area contributed by atoms with E-state index in [-0.39, 0.29) is 17.9 Å². The first-order chi connectivity index (χ1) is 16.0. The van der Waals surface area contributed by atoms with Gasteiger partial charge in [0, 0.05) is 23.4 Å². The number of nitrogens with zero attached hydrogens (tertiary/aromatic N) is 1. The number of halogens is 1. The number of rotatable bonds is 10. The van der Waals surface area contributed by atoms with Gasteiger partial charge < -0.3 is 10.2 Å². The topological polar surface area (TPSA) is 49.4 Å². The van der Waals surface area contributed by atoms with Crippen molar-refractivity contribution in [2.24, 2.45) is 0 Å². The van der Waals surface area contributed by atoms with Crippen molar-refractivity contribution in [2.75, 3.05) is 5.75 Å². The van der Waals surface area contributed by atoms with Crippen LogP contribution in [-0.4, -0.2) is 34.6 Å². The summed E-state index contributed by atoms with van der Waals surface area (Å²) in [6.45, 7) is 4.47. The summed E-state index contributed by atoms with van der Waals surface area (Å²) in [5.74, 6) is 1.08. The molecule has 2 aromatic carbocycles. The van der Waals surface area contributed by atoms with E-state index in [2.05, 4.69) is 24.4 Å². The molecular weight excluding hydrogens is 452 g/mol. The third kappa shape index (κ3) is 7.79. The number of carbonyl (C=O) groups is 2. The van der Waals surface area contributed by atoms with Gasteiger partial charge in [-0.15, -0.1) is 11.8 Å². The molecule has 0 radical (unpaired) electrons. The number of amides is 2. The minimum Gasteiger partial charge on any atom is -0.352 e. The van der Waals surface area contributed by atoms with Gasteiger partial charge in [-0.1, -0.05) is 74.2 Å². The van der Waals surface area contributed by atoms with Crippen LogP contribution in [0.2, 0.25) is 5.02 Å². The van der Waals surface area contributed by atoms with Crippen molar-refractivity contribution in [3.8, 4) is 0 Å². The highest BCUT2D eigenvalue weighted by Crippen LogP contribution is 2.21. The molecule has 1 N–H and O–H groups in total. The minimum absolute atomic E-state index is 0.00539. The highest BCUT2D eigenvalue weighted by atomic mass is 35.5. The summed E-state index contributed by atoms with van der Waals surface area (Å²) in [7, 11) is 0. The Kier molecular flexibility index (Phi) is 10.1. The lowest BCUT2D eigenvalue weighted by Gasteiger charge is -2.32. The monoisotopic (exact) mass is 486 g/mol. The zero-order valence-corrected chi connectivity index (χ0v) is 21.3. The lowest BCUT2D eigenvalue weighted by atomic mass is 9.95. The molecule has 1 aliphatic rings. The van der Waals surface area contributed by atoms with Gasteiger partial charge in [0.05, 0.1) is 5.75 Å². The average molecular weight is 487 g/mol. The molecule has 0 aliphatic heterocycles. The van der Waals surface area contributed by atoms with E-state index in [0.29, 0.717) is 23.7 Å². The van der Waals surface area contributed by atoms with Crippen LogP contribution in [0, 0.1) is 6.92 Å². The number of aryl methyl sites for hydroxylation is 1. The number of thioether (sulfide) groups is 1. The van der Waals surface area contributed by atoms with Crippen LogP contribution >= 0.6 is 23.4 Å².